The van der Waals surface area contributed by atoms with Crippen molar-refractivity contribution < 1.29 is 17.6 Å². The zero-order chi connectivity index (χ0) is 22.7. The van der Waals surface area contributed by atoms with Crippen LogP contribution in [0.3, 0.4) is 0 Å². The monoisotopic (exact) mass is 448 g/mol. The summed E-state index contributed by atoms with van der Waals surface area (Å²) in [6, 6.07) is 20.5. The highest BCUT2D eigenvalue weighted by Gasteiger charge is 2.23. The van der Waals surface area contributed by atoms with E-state index < -0.39 is 10.0 Å². The number of sulfonamides is 1. The minimum Gasteiger partial charge on any atom is -0.440 e. The molecule has 0 fully saturated rings. The first-order chi connectivity index (χ1) is 15.4. The van der Waals surface area contributed by atoms with Crippen LogP contribution in [0.4, 0.5) is 11.6 Å². The second-order valence-electron chi connectivity index (χ2n) is 7.56. The topological polar surface area (TPSA) is 88.4 Å². The Balaban J connectivity index is 1.77. The number of fused-ring (bicyclic) bond motifs is 1. The number of ketones is 1. The maximum Gasteiger partial charge on any atom is 0.261 e. The number of rotatable bonds is 8. The van der Waals surface area contributed by atoms with E-state index in [0.717, 1.165) is 12.0 Å². The molecule has 32 heavy (non-hydrogen) atoms. The van der Waals surface area contributed by atoms with Gasteiger partial charge in [0.05, 0.1) is 10.5 Å². The second kappa shape index (κ2) is 8.88. The van der Waals surface area contributed by atoms with Crippen LogP contribution in [0.25, 0.3) is 11.0 Å². The van der Waals surface area contributed by atoms with Gasteiger partial charge in [0.2, 0.25) is 5.88 Å². The highest BCUT2D eigenvalue weighted by molar-refractivity contribution is 7.92. The number of benzene rings is 3. The van der Waals surface area contributed by atoms with Crippen molar-refractivity contribution in [2.45, 2.75) is 25.2 Å². The van der Waals surface area contributed by atoms with Gasteiger partial charge in [0.25, 0.3) is 10.0 Å². The molecule has 0 saturated carbocycles. The smallest absolute Gasteiger partial charge is 0.261 e. The Kier molecular flexibility index (Phi) is 6.01. The molecule has 0 amide bonds. The Hall–Kier alpha value is -3.58. The fourth-order valence-electron chi connectivity index (χ4n) is 3.41. The lowest BCUT2D eigenvalue weighted by molar-refractivity contribution is 0.104. The summed E-state index contributed by atoms with van der Waals surface area (Å²) >= 11 is 0. The summed E-state index contributed by atoms with van der Waals surface area (Å²) in [7, 11) is -3.77. The van der Waals surface area contributed by atoms with Crippen LogP contribution in [0.5, 0.6) is 0 Å². The van der Waals surface area contributed by atoms with Crippen molar-refractivity contribution in [2.24, 2.45) is 0 Å². The van der Waals surface area contributed by atoms with E-state index >= 15 is 0 Å². The van der Waals surface area contributed by atoms with Crippen LogP contribution in [-0.2, 0) is 10.0 Å². The van der Waals surface area contributed by atoms with E-state index in [1.54, 1.807) is 66.7 Å². The molecule has 164 valence electrons. The highest BCUT2D eigenvalue weighted by Crippen LogP contribution is 2.34. The highest BCUT2D eigenvalue weighted by atomic mass is 32.2. The van der Waals surface area contributed by atoms with Crippen molar-refractivity contribution in [3.63, 3.8) is 0 Å². The van der Waals surface area contributed by atoms with Crippen molar-refractivity contribution in [3.8, 4) is 0 Å². The minimum absolute atomic E-state index is 0.168. The first-order valence-corrected chi connectivity index (χ1v) is 11.9. The van der Waals surface area contributed by atoms with E-state index in [0.29, 0.717) is 40.2 Å². The molecule has 0 unspecified atom stereocenters. The maximum atomic E-state index is 13.3. The molecule has 1 aromatic heterocycles. The van der Waals surface area contributed by atoms with Gasteiger partial charge < -0.3 is 9.73 Å². The summed E-state index contributed by atoms with van der Waals surface area (Å²) < 4.78 is 34.2. The molecule has 3 aromatic carbocycles. The van der Waals surface area contributed by atoms with Gasteiger partial charge in [0.15, 0.2) is 5.78 Å². The third kappa shape index (κ3) is 4.38. The Morgan fingerprint density at radius 2 is 1.69 bits per heavy atom. The van der Waals surface area contributed by atoms with Crippen LogP contribution in [0.1, 0.15) is 34.8 Å². The van der Waals surface area contributed by atoms with E-state index in [1.165, 1.54) is 0 Å². The molecule has 2 N–H and O–H groups in total. The average Bonchev–Trinajstić information content (AvgIpc) is 3.15. The lowest BCUT2D eigenvalue weighted by Crippen LogP contribution is -2.13. The predicted molar refractivity (Wildman–Crippen MR) is 127 cm³/mol. The summed E-state index contributed by atoms with van der Waals surface area (Å²) in [5, 5.41) is 3.72. The Labute approximate surface area is 187 Å². The van der Waals surface area contributed by atoms with Gasteiger partial charge in [-0.15, -0.1) is 0 Å². The van der Waals surface area contributed by atoms with Crippen molar-refractivity contribution >= 4 is 38.3 Å². The van der Waals surface area contributed by atoms with Crippen molar-refractivity contribution in [3.05, 3.63) is 89.5 Å². The lowest BCUT2D eigenvalue weighted by atomic mass is 10.0. The summed E-state index contributed by atoms with van der Waals surface area (Å²) in [5.74, 6) is 0.190. The molecule has 0 bridgehead atoms. The Bertz CT molecular complexity index is 1360. The van der Waals surface area contributed by atoms with E-state index in [1.807, 2.05) is 19.9 Å². The van der Waals surface area contributed by atoms with Gasteiger partial charge in [-0.2, -0.15) is 0 Å². The molecule has 1 heterocycles. The summed E-state index contributed by atoms with van der Waals surface area (Å²) in [6.07, 6.45) is 0.859. The molecular formula is C25H24N2O4S. The molecule has 7 heteroatoms. The predicted octanol–water partition coefficient (Wildman–Crippen LogP) is 5.59. The SMILES string of the molecule is CCCNc1oc2ccc(NS(=O)(=O)c3ccc(C)cc3)cc2c1C(=O)c1ccccc1. The molecule has 0 aliphatic carbocycles. The fraction of sp³-hybridized carbons (Fsp3) is 0.160. The number of anilines is 2. The molecule has 0 spiro atoms. The minimum atomic E-state index is -3.77. The number of carbonyl (C=O) groups excluding carboxylic acids is 1. The summed E-state index contributed by atoms with van der Waals surface area (Å²) in [5.41, 5.74) is 2.74. The lowest BCUT2D eigenvalue weighted by Gasteiger charge is -2.09. The maximum absolute atomic E-state index is 13.3. The largest absolute Gasteiger partial charge is 0.440 e. The molecular weight excluding hydrogens is 424 g/mol. The van der Waals surface area contributed by atoms with Crippen LogP contribution in [0, 0.1) is 6.92 Å². The molecule has 6 nitrogen and oxygen atoms in total. The molecule has 0 saturated heterocycles. The van der Waals surface area contributed by atoms with Gasteiger partial charge in [0, 0.05) is 23.2 Å². The van der Waals surface area contributed by atoms with E-state index in [-0.39, 0.29) is 10.7 Å². The second-order valence-corrected chi connectivity index (χ2v) is 9.24. The van der Waals surface area contributed by atoms with Crippen molar-refractivity contribution in [1.29, 1.82) is 0 Å². The normalized spacial score (nSPS) is 11.4. The number of aryl methyl sites for hydroxylation is 1. The quantitative estimate of drug-likeness (QED) is 0.343. The molecule has 0 aliphatic rings. The van der Waals surface area contributed by atoms with Crippen LogP contribution in [0.2, 0.25) is 0 Å². The van der Waals surface area contributed by atoms with Crippen LogP contribution in [0.15, 0.2) is 82.1 Å². The zero-order valence-corrected chi connectivity index (χ0v) is 18.7. The third-order valence-electron chi connectivity index (χ3n) is 5.07. The van der Waals surface area contributed by atoms with E-state index in [9.17, 15) is 13.2 Å². The van der Waals surface area contributed by atoms with Gasteiger partial charge in [-0.3, -0.25) is 9.52 Å². The number of nitrogens with one attached hydrogen (secondary N) is 2. The molecule has 0 atom stereocenters. The first-order valence-electron chi connectivity index (χ1n) is 10.4. The fourth-order valence-corrected chi connectivity index (χ4v) is 4.46. The first kappa shape index (κ1) is 21.6. The van der Waals surface area contributed by atoms with Crippen molar-refractivity contribution in [2.75, 3.05) is 16.6 Å². The van der Waals surface area contributed by atoms with Crippen molar-refractivity contribution in [1.82, 2.24) is 0 Å². The zero-order valence-electron chi connectivity index (χ0n) is 17.9. The number of carbonyl (C=O) groups is 1. The number of hydrogen-bond donors (Lipinski definition) is 2. The van der Waals surface area contributed by atoms with Crippen LogP contribution >= 0.6 is 0 Å². The third-order valence-corrected chi connectivity index (χ3v) is 6.47. The average molecular weight is 449 g/mol. The standard InChI is InChI=1S/C25H24N2O4S/c1-3-15-26-25-23(24(28)18-7-5-4-6-8-18)21-16-19(11-14-22(21)31-25)27-32(29,30)20-12-9-17(2)10-13-20/h4-14,16,26-27H,3,15H2,1-2H3. The van der Waals surface area contributed by atoms with Crippen LogP contribution in [-0.4, -0.2) is 20.7 Å². The van der Waals surface area contributed by atoms with Gasteiger partial charge in [-0.05, 0) is 43.7 Å². The van der Waals surface area contributed by atoms with E-state index in [2.05, 4.69) is 10.0 Å². The van der Waals surface area contributed by atoms with Gasteiger partial charge >= 0.3 is 0 Å². The summed E-state index contributed by atoms with van der Waals surface area (Å²) in [6.45, 7) is 4.56. The van der Waals surface area contributed by atoms with E-state index in [4.69, 9.17) is 4.42 Å². The van der Waals surface area contributed by atoms with Gasteiger partial charge in [0.1, 0.15) is 5.58 Å². The molecule has 4 aromatic rings. The Morgan fingerprint density at radius 3 is 2.38 bits per heavy atom. The number of hydrogen-bond acceptors (Lipinski definition) is 5. The van der Waals surface area contributed by atoms with Crippen LogP contribution < -0.4 is 10.0 Å². The molecule has 0 aliphatic heterocycles. The Morgan fingerprint density at radius 1 is 0.969 bits per heavy atom. The van der Waals surface area contributed by atoms with Gasteiger partial charge in [-0.25, -0.2) is 8.42 Å². The molecule has 4 rings (SSSR count). The number of furan rings is 1. The van der Waals surface area contributed by atoms with Gasteiger partial charge in [-0.1, -0.05) is 55.0 Å². The summed E-state index contributed by atoms with van der Waals surface area (Å²) in [4.78, 5) is 13.5. The molecule has 0 radical (unpaired) electrons.